The minimum atomic E-state index is 0.0785. The molecule has 168 valence electrons. The summed E-state index contributed by atoms with van der Waals surface area (Å²) in [6.07, 6.45) is 0.494. The van der Waals surface area contributed by atoms with Crippen LogP contribution < -0.4 is 4.74 Å². The van der Waals surface area contributed by atoms with E-state index < -0.39 is 0 Å². The van der Waals surface area contributed by atoms with Gasteiger partial charge in [0.2, 0.25) is 5.91 Å². The van der Waals surface area contributed by atoms with Crippen molar-refractivity contribution < 1.29 is 9.53 Å². The predicted molar refractivity (Wildman–Crippen MR) is 130 cm³/mol. The van der Waals surface area contributed by atoms with Crippen molar-refractivity contribution >= 4 is 16.9 Å². The predicted octanol–water partition coefficient (Wildman–Crippen LogP) is 5.25. The van der Waals surface area contributed by atoms with Crippen LogP contribution >= 0.6 is 0 Å². The number of imidazole rings is 1. The van der Waals surface area contributed by atoms with Crippen molar-refractivity contribution in [1.29, 1.82) is 0 Å². The molecule has 2 heterocycles. The topological polar surface area (TPSA) is 47.4 Å². The van der Waals surface area contributed by atoms with Crippen LogP contribution in [-0.4, -0.2) is 33.5 Å². The highest BCUT2D eigenvalue weighted by Crippen LogP contribution is 2.31. The maximum atomic E-state index is 12.8. The number of likely N-dealkylation sites (tertiary alicyclic amines) is 1. The largest absolute Gasteiger partial charge is 0.492 e. The molecule has 1 fully saturated rings. The molecule has 0 N–H and O–H groups in total. The molecule has 1 atom stereocenters. The van der Waals surface area contributed by atoms with Crippen LogP contribution in [0.15, 0.2) is 72.8 Å². The number of rotatable bonds is 7. The second-order valence-electron chi connectivity index (χ2n) is 8.94. The molecule has 3 aromatic carbocycles. The highest BCUT2D eigenvalue weighted by atomic mass is 16.5. The monoisotopic (exact) mass is 439 g/mol. The summed E-state index contributed by atoms with van der Waals surface area (Å²) in [6, 6.07) is 24.6. The van der Waals surface area contributed by atoms with Crippen LogP contribution in [0.2, 0.25) is 0 Å². The molecular formula is C28H29N3O2. The van der Waals surface area contributed by atoms with E-state index in [4.69, 9.17) is 9.72 Å². The second-order valence-corrected chi connectivity index (χ2v) is 8.94. The van der Waals surface area contributed by atoms with Crippen molar-refractivity contribution in [3.8, 4) is 5.75 Å². The lowest BCUT2D eigenvalue weighted by Crippen LogP contribution is -2.24. The van der Waals surface area contributed by atoms with Crippen molar-refractivity contribution in [3.63, 3.8) is 0 Å². The van der Waals surface area contributed by atoms with Gasteiger partial charge in [-0.25, -0.2) is 4.98 Å². The van der Waals surface area contributed by atoms with Gasteiger partial charge < -0.3 is 14.2 Å². The molecule has 1 aromatic heterocycles. The summed E-state index contributed by atoms with van der Waals surface area (Å²) in [5.74, 6) is 2.14. The van der Waals surface area contributed by atoms with Gasteiger partial charge in [0.05, 0.1) is 17.6 Å². The van der Waals surface area contributed by atoms with Gasteiger partial charge in [0.25, 0.3) is 0 Å². The van der Waals surface area contributed by atoms with Crippen molar-refractivity contribution in [2.45, 2.75) is 39.3 Å². The first-order chi connectivity index (χ1) is 16.1. The van der Waals surface area contributed by atoms with Crippen LogP contribution in [0.4, 0.5) is 0 Å². The van der Waals surface area contributed by atoms with Crippen molar-refractivity contribution in [3.05, 3.63) is 95.3 Å². The zero-order valence-electron chi connectivity index (χ0n) is 19.2. The Morgan fingerprint density at radius 1 is 0.970 bits per heavy atom. The fraction of sp³-hybridized carbons (Fsp3) is 0.286. The molecule has 5 rings (SSSR count). The normalized spacial score (nSPS) is 16.0. The number of fused-ring (bicyclic) bond motifs is 1. The molecule has 0 unspecified atom stereocenters. The Morgan fingerprint density at radius 3 is 2.48 bits per heavy atom. The number of hydrogen-bond donors (Lipinski definition) is 0. The fourth-order valence-corrected chi connectivity index (χ4v) is 4.81. The highest BCUT2D eigenvalue weighted by molar-refractivity contribution is 5.81. The highest BCUT2D eigenvalue weighted by Gasteiger charge is 2.33. The molecule has 4 aromatic rings. The van der Waals surface area contributed by atoms with Crippen LogP contribution in [0.1, 0.15) is 34.9 Å². The quantitative estimate of drug-likeness (QED) is 0.395. The molecule has 1 aliphatic rings. The number of benzene rings is 3. The third-order valence-corrected chi connectivity index (χ3v) is 6.26. The Kier molecular flexibility index (Phi) is 5.86. The molecule has 1 saturated heterocycles. The summed E-state index contributed by atoms with van der Waals surface area (Å²) >= 11 is 0. The molecule has 1 aliphatic heterocycles. The first-order valence-corrected chi connectivity index (χ1v) is 11.5. The lowest BCUT2D eigenvalue weighted by atomic mass is 10.1. The van der Waals surface area contributed by atoms with Gasteiger partial charge in [-0.2, -0.15) is 0 Å². The number of carbonyl (C=O) groups excluding carboxylic acids is 1. The summed E-state index contributed by atoms with van der Waals surface area (Å²) in [7, 11) is 0. The molecule has 5 heteroatoms. The Bertz CT molecular complexity index is 1260. The van der Waals surface area contributed by atoms with Crippen molar-refractivity contribution in [2.24, 2.45) is 0 Å². The Balaban J connectivity index is 1.36. The van der Waals surface area contributed by atoms with E-state index in [0.29, 0.717) is 32.7 Å². The Morgan fingerprint density at radius 2 is 1.70 bits per heavy atom. The zero-order chi connectivity index (χ0) is 22.8. The van der Waals surface area contributed by atoms with Gasteiger partial charge in [-0.3, -0.25) is 4.79 Å². The number of nitrogens with zero attached hydrogens (tertiary/aromatic N) is 3. The van der Waals surface area contributed by atoms with Gasteiger partial charge in [0.1, 0.15) is 18.2 Å². The van der Waals surface area contributed by atoms with E-state index in [9.17, 15) is 4.79 Å². The van der Waals surface area contributed by atoms with Gasteiger partial charge in [0, 0.05) is 25.4 Å². The molecule has 33 heavy (non-hydrogen) atoms. The van der Waals surface area contributed by atoms with Crippen LogP contribution in [0.3, 0.4) is 0 Å². The first kappa shape index (κ1) is 21.3. The molecule has 0 radical (unpaired) electrons. The van der Waals surface area contributed by atoms with Crippen LogP contribution in [0.25, 0.3) is 11.0 Å². The maximum Gasteiger partial charge on any atom is 0.223 e. The number of ether oxygens (including phenoxy) is 1. The number of aryl methyl sites for hydroxylation is 2. The van der Waals surface area contributed by atoms with E-state index in [0.717, 1.165) is 28.2 Å². The van der Waals surface area contributed by atoms with Gasteiger partial charge >= 0.3 is 0 Å². The zero-order valence-corrected chi connectivity index (χ0v) is 19.2. The third-order valence-electron chi connectivity index (χ3n) is 6.26. The summed E-state index contributed by atoms with van der Waals surface area (Å²) in [4.78, 5) is 19.7. The SMILES string of the molecule is Cc1cc(C)cc(OCCn2c([C@@H]3CC(=O)N(Cc4ccccc4)C3)nc3ccccc32)c1. The first-order valence-electron chi connectivity index (χ1n) is 11.5. The summed E-state index contributed by atoms with van der Waals surface area (Å²) in [5.41, 5.74) is 5.60. The van der Waals surface area contributed by atoms with E-state index in [1.807, 2.05) is 41.3 Å². The maximum absolute atomic E-state index is 12.8. The van der Waals surface area contributed by atoms with Gasteiger partial charge in [0.15, 0.2) is 0 Å². The number of aromatic nitrogens is 2. The van der Waals surface area contributed by atoms with Crippen LogP contribution in [0.5, 0.6) is 5.75 Å². The fourth-order valence-electron chi connectivity index (χ4n) is 4.81. The van der Waals surface area contributed by atoms with Crippen molar-refractivity contribution in [1.82, 2.24) is 14.5 Å². The van der Waals surface area contributed by atoms with E-state index in [-0.39, 0.29) is 11.8 Å². The third kappa shape index (κ3) is 4.63. The van der Waals surface area contributed by atoms with Gasteiger partial charge in [-0.15, -0.1) is 0 Å². The summed E-state index contributed by atoms with van der Waals surface area (Å²) in [6.45, 7) is 6.73. The van der Waals surface area contributed by atoms with E-state index in [2.05, 4.69) is 54.8 Å². The number of para-hydroxylation sites is 2. The Hall–Kier alpha value is -3.60. The molecule has 0 spiro atoms. The lowest BCUT2D eigenvalue weighted by molar-refractivity contribution is -0.128. The molecule has 0 aliphatic carbocycles. The average Bonchev–Trinajstić information content (AvgIpc) is 3.34. The van der Waals surface area contributed by atoms with E-state index in [1.165, 1.54) is 11.1 Å². The summed E-state index contributed by atoms with van der Waals surface area (Å²) in [5, 5.41) is 0. The van der Waals surface area contributed by atoms with Crippen molar-refractivity contribution in [2.75, 3.05) is 13.2 Å². The standard InChI is InChI=1S/C28H29N3O2/c1-20-14-21(2)16-24(15-20)33-13-12-31-26-11-7-6-10-25(26)29-28(31)23-17-27(32)30(19-23)18-22-8-4-3-5-9-22/h3-11,14-16,23H,12-13,17-19H2,1-2H3/t23-/m1/s1. The average molecular weight is 440 g/mol. The molecular weight excluding hydrogens is 410 g/mol. The minimum absolute atomic E-state index is 0.0785. The van der Waals surface area contributed by atoms with E-state index >= 15 is 0 Å². The molecule has 0 bridgehead atoms. The Labute approximate surface area is 194 Å². The molecule has 5 nitrogen and oxygen atoms in total. The number of carbonyl (C=O) groups is 1. The molecule has 0 saturated carbocycles. The van der Waals surface area contributed by atoms with Gasteiger partial charge in [-0.05, 0) is 54.8 Å². The van der Waals surface area contributed by atoms with Crippen LogP contribution in [0, 0.1) is 13.8 Å². The smallest absolute Gasteiger partial charge is 0.223 e. The minimum Gasteiger partial charge on any atom is -0.492 e. The molecule has 1 amide bonds. The van der Waals surface area contributed by atoms with Gasteiger partial charge in [-0.1, -0.05) is 48.5 Å². The second kappa shape index (κ2) is 9.10. The van der Waals surface area contributed by atoms with E-state index in [1.54, 1.807) is 0 Å². The summed E-state index contributed by atoms with van der Waals surface area (Å²) < 4.78 is 8.34. The number of amides is 1. The lowest BCUT2D eigenvalue weighted by Gasteiger charge is -2.17. The van der Waals surface area contributed by atoms with Crippen LogP contribution in [-0.2, 0) is 17.9 Å². The number of hydrogen-bond acceptors (Lipinski definition) is 3.